The number of nitrogens with one attached hydrogen (secondary N) is 1. The number of carbonyl (C=O) groups is 1. The second kappa shape index (κ2) is 6.38. The van der Waals surface area contributed by atoms with Crippen LogP contribution in [0.15, 0.2) is 18.3 Å². The number of rotatable bonds is 4. The summed E-state index contributed by atoms with van der Waals surface area (Å²) < 4.78 is 10.2. The van der Waals surface area contributed by atoms with Crippen molar-refractivity contribution in [1.29, 1.82) is 0 Å². The van der Waals surface area contributed by atoms with Gasteiger partial charge in [-0.3, -0.25) is 0 Å². The first-order valence-electron chi connectivity index (χ1n) is 6.40. The van der Waals surface area contributed by atoms with Gasteiger partial charge in [-0.1, -0.05) is 0 Å². The van der Waals surface area contributed by atoms with Gasteiger partial charge in [0.25, 0.3) is 0 Å². The van der Waals surface area contributed by atoms with Crippen molar-refractivity contribution in [3.8, 4) is 5.88 Å². The molecule has 104 valence electrons. The van der Waals surface area contributed by atoms with Gasteiger partial charge in [0, 0.05) is 37.6 Å². The minimum Gasteiger partial charge on any atom is -0.481 e. The molecule has 2 rings (SSSR count). The molecule has 0 aromatic carbocycles. The summed E-state index contributed by atoms with van der Waals surface area (Å²) in [5, 5.41) is 3.21. The average Bonchev–Trinajstić information content (AvgIpc) is 2.47. The van der Waals surface area contributed by atoms with Crippen LogP contribution in [-0.2, 0) is 9.53 Å². The molecule has 1 saturated heterocycles. The van der Waals surface area contributed by atoms with Gasteiger partial charge in [-0.15, -0.1) is 0 Å². The number of carbonyl (C=O) groups excluding carboxylic acids is 1. The maximum absolute atomic E-state index is 12.0. The topological polar surface area (TPSA) is 63.7 Å². The van der Waals surface area contributed by atoms with Gasteiger partial charge >= 0.3 is 5.97 Å². The van der Waals surface area contributed by atoms with Gasteiger partial charge < -0.3 is 19.7 Å². The molecule has 0 aliphatic carbocycles. The predicted octanol–water partition coefficient (Wildman–Crippen LogP) is 0.431. The Morgan fingerprint density at radius 1 is 1.63 bits per heavy atom. The van der Waals surface area contributed by atoms with Crippen molar-refractivity contribution >= 4 is 11.7 Å². The average molecular weight is 265 g/mol. The fourth-order valence-corrected chi connectivity index (χ4v) is 2.15. The lowest BCUT2D eigenvalue weighted by molar-refractivity contribution is -0.144. The molecule has 0 bridgehead atoms. The Hall–Kier alpha value is -1.82. The van der Waals surface area contributed by atoms with Crippen LogP contribution in [0, 0.1) is 0 Å². The van der Waals surface area contributed by atoms with Crippen molar-refractivity contribution in [1.82, 2.24) is 10.3 Å². The highest BCUT2D eigenvalue weighted by molar-refractivity contribution is 5.80. The molecule has 1 aromatic heterocycles. The predicted molar refractivity (Wildman–Crippen MR) is 71.4 cm³/mol. The number of aromatic nitrogens is 1. The summed E-state index contributed by atoms with van der Waals surface area (Å²) in [7, 11) is 1.58. The first kappa shape index (κ1) is 13.6. The highest BCUT2D eigenvalue weighted by Crippen LogP contribution is 2.22. The fourth-order valence-electron chi connectivity index (χ4n) is 2.15. The molecule has 0 saturated carbocycles. The van der Waals surface area contributed by atoms with Gasteiger partial charge in [0.2, 0.25) is 5.88 Å². The minimum absolute atomic E-state index is 0.203. The Bertz CT molecular complexity index is 439. The molecule has 1 aliphatic rings. The largest absolute Gasteiger partial charge is 0.481 e. The third-order valence-electron chi connectivity index (χ3n) is 3.06. The summed E-state index contributed by atoms with van der Waals surface area (Å²) in [5.41, 5.74) is 0.923. The van der Waals surface area contributed by atoms with Crippen molar-refractivity contribution in [2.75, 3.05) is 38.3 Å². The van der Waals surface area contributed by atoms with Crippen LogP contribution in [0.1, 0.15) is 6.92 Å². The number of piperazine rings is 1. The number of anilines is 1. The zero-order valence-corrected chi connectivity index (χ0v) is 11.3. The molecule has 6 nitrogen and oxygen atoms in total. The molecule has 1 N–H and O–H groups in total. The molecular weight excluding hydrogens is 246 g/mol. The summed E-state index contributed by atoms with van der Waals surface area (Å²) in [6.07, 6.45) is 1.68. The Kier molecular flexibility index (Phi) is 4.57. The number of hydrogen-bond acceptors (Lipinski definition) is 6. The number of esters is 1. The minimum atomic E-state index is -0.305. The lowest BCUT2D eigenvalue weighted by Gasteiger charge is -2.36. The van der Waals surface area contributed by atoms with Crippen LogP contribution in [0.3, 0.4) is 0 Å². The maximum atomic E-state index is 12.0. The van der Waals surface area contributed by atoms with Gasteiger partial charge in [-0.25, -0.2) is 9.78 Å². The standard InChI is InChI=1S/C13H19N3O3/c1-3-19-13(17)11-9-14-6-7-16(11)10-4-5-15-12(8-10)18-2/h4-5,8,11,14H,3,6-7,9H2,1-2H3. The van der Waals surface area contributed by atoms with E-state index in [0.717, 1.165) is 18.8 Å². The van der Waals surface area contributed by atoms with E-state index in [4.69, 9.17) is 9.47 Å². The lowest BCUT2D eigenvalue weighted by Crippen LogP contribution is -2.55. The van der Waals surface area contributed by atoms with Gasteiger partial charge in [0.15, 0.2) is 0 Å². The third kappa shape index (κ3) is 3.14. The molecular formula is C13H19N3O3. The first-order chi connectivity index (χ1) is 9.26. The van der Waals surface area contributed by atoms with Gasteiger partial charge in [0.1, 0.15) is 6.04 Å². The highest BCUT2D eigenvalue weighted by atomic mass is 16.5. The second-order valence-electron chi connectivity index (χ2n) is 4.22. The van der Waals surface area contributed by atoms with Crippen LogP contribution in [-0.4, -0.2) is 50.3 Å². The molecule has 0 amide bonds. The Balaban J connectivity index is 2.20. The number of ether oxygens (including phenoxy) is 2. The van der Waals surface area contributed by atoms with Gasteiger partial charge in [-0.05, 0) is 13.0 Å². The zero-order valence-electron chi connectivity index (χ0n) is 11.3. The van der Waals surface area contributed by atoms with Crippen LogP contribution < -0.4 is 15.0 Å². The summed E-state index contributed by atoms with van der Waals surface area (Å²) in [6, 6.07) is 3.40. The number of hydrogen-bond donors (Lipinski definition) is 1. The summed E-state index contributed by atoms with van der Waals surface area (Å²) in [5.74, 6) is 0.337. The molecule has 1 aliphatic heterocycles. The zero-order chi connectivity index (χ0) is 13.7. The maximum Gasteiger partial charge on any atom is 0.330 e. The van der Waals surface area contributed by atoms with E-state index in [0.29, 0.717) is 19.0 Å². The van der Waals surface area contributed by atoms with E-state index in [-0.39, 0.29) is 12.0 Å². The molecule has 0 spiro atoms. The van der Waals surface area contributed by atoms with Crippen molar-refractivity contribution in [3.63, 3.8) is 0 Å². The molecule has 0 radical (unpaired) electrons. The van der Waals surface area contributed by atoms with Gasteiger partial charge in [-0.2, -0.15) is 0 Å². The summed E-state index contributed by atoms with van der Waals surface area (Å²) in [4.78, 5) is 18.1. The van der Waals surface area contributed by atoms with Crippen LogP contribution in [0.5, 0.6) is 5.88 Å². The van der Waals surface area contributed by atoms with E-state index in [2.05, 4.69) is 10.3 Å². The Morgan fingerprint density at radius 2 is 2.47 bits per heavy atom. The van der Waals surface area contributed by atoms with Gasteiger partial charge in [0.05, 0.1) is 13.7 Å². The first-order valence-corrected chi connectivity index (χ1v) is 6.40. The normalized spacial score (nSPS) is 19.1. The molecule has 1 fully saturated rings. The number of nitrogens with zero attached hydrogens (tertiary/aromatic N) is 2. The molecule has 19 heavy (non-hydrogen) atoms. The van der Waals surface area contributed by atoms with E-state index in [9.17, 15) is 4.79 Å². The lowest BCUT2D eigenvalue weighted by atomic mass is 10.1. The van der Waals surface area contributed by atoms with Crippen molar-refractivity contribution in [3.05, 3.63) is 18.3 Å². The molecule has 1 atom stereocenters. The number of pyridine rings is 1. The molecule has 1 aromatic rings. The van der Waals surface area contributed by atoms with Crippen molar-refractivity contribution < 1.29 is 14.3 Å². The SMILES string of the molecule is CCOC(=O)C1CNCCN1c1ccnc(OC)c1. The van der Waals surface area contributed by atoms with Crippen molar-refractivity contribution in [2.24, 2.45) is 0 Å². The van der Waals surface area contributed by atoms with Crippen LogP contribution in [0.4, 0.5) is 5.69 Å². The molecule has 1 unspecified atom stereocenters. The van der Waals surface area contributed by atoms with E-state index < -0.39 is 0 Å². The van der Waals surface area contributed by atoms with E-state index in [1.165, 1.54) is 0 Å². The van der Waals surface area contributed by atoms with Crippen molar-refractivity contribution in [2.45, 2.75) is 13.0 Å². The Morgan fingerprint density at radius 3 is 3.21 bits per heavy atom. The van der Waals surface area contributed by atoms with Crippen LogP contribution in [0.2, 0.25) is 0 Å². The quantitative estimate of drug-likeness (QED) is 0.797. The third-order valence-corrected chi connectivity index (χ3v) is 3.06. The van der Waals surface area contributed by atoms with E-state index in [1.54, 1.807) is 13.3 Å². The van der Waals surface area contributed by atoms with Crippen LogP contribution >= 0.6 is 0 Å². The monoisotopic (exact) mass is 265 g/mol. The summed E-state index contributed by atoms with van der Waals surface area (Å²) >= 11 is 0. The fraction of sp³-hybridized carbons (Fsp3) is 0.538. The highest BCUT2D eigenvalue weighted by Gasteiger charge is 2.30. The Labute approximate surface area is 112 Å². The van der Waals surface area contributed by atoms with Crippen LogP contribution in [0.25, 0.3) is 0 Å². The van der Waals surface area contributed by atoms with E-state index >= 15 is 0 Å². The number of methoxy groups -OCH3 is 1. The second-order valence-corrected chi connectivity index (χ2v) is 4.22. The van der Waals surface area contributed by atoms with E-state index in [1.807, 2.05) is 24.0 Å². The molecule has 6 heteroatoms. The summed E-state index contributed by atoms with van der Waals surface area (Å²) in [6.45, 7) is 4.37. The smallest absolute Gasteiger partial charge is 0.330 e. The molecule has 2 heterocycles.